The molecule has 0 atom stereocenters. The van der Waals surface area contributed by atoms with Crippen molar-refractivity contribution in [1.82, 2.24) is 23.9 Å². The van der Waals surface area contributed by atoms with Gasteiger partial charge in [-0.1, -0.05) is 91.0 Å². The summed E-state index contributed by atoms with van der Waals surface area (Å²) in [5.74, 6) is 0. The molecule has 0 unspecified atom stereocenters. The van der Waals surface area contributed by atoms with Gasteiger partial charge < -0.3 is 8.97 Å². The zero-order valence-electron chi connectivity index (χ0n) is 30.1. The Morgan fingerprint density at radius 3 is 1.54 bits per heavy atom. The Balaban J connectivity index is 1.19. The van der Waals surface area contributed by atoms with Crippen LogP contribution in [0.5, 0.6) is 0 Å². The number of pyridine rings is 3. The lowest BCUT2D eigenvalue weighted by molar-refractivity contribution is 1.18. The number of hydrogen-bond donors (Lipinski definition) is 0. The van der Waals surface area contributed by atoms with Crippen LogP contribution in [0.3, 0.4) is 0 Å². The van der Waals surface area contributed by atoms with Gasteiger partial charge in [-0.2, -0.15) is 0 Å². The van der Waals surface area contributed by atoms with Crippen LogP contribution in [0, 0.1) is 0 Å². The zero-order valence-corrected chi connectivity index (χ0v) is 30.1. The largest absolute Gasteiger partial charge is 0.308 e. The zero-order chi connectivity index (χ0) is 36.7. The van der Waals surface area contributed by atoms with Crippen molar-refractivity contribution in [3.05, 3.63) is 189 Å². The number of rotatable bonds is 5. The molecular formula is C51H31N5. The average molecular weight is 714 g/mol. The highest BCUT2D eigenvalue weighted by Gasteiger charge is 2.23. The van der Waals surface area contributed by atoms with E-state index in [-0.39, 0.29) is 0 Å². The van der Waals surface area contributed by atoms with Crippen molar-refractivity contribution in [2.45, 2.75) is 0 Å². The van der Waals surface area contributed by atoms with E-state index in [9.17, 15) is 0 Å². The molecule has 0 saturated heterocycles. The summed E-state index contributed by atoms with van der Waals surface area (Å²) in [6, 6.07) is 59.1. The predicted molar refractivity (Wildman–Crippen MR) is 231 cm³/mol. The van der Waals surface area contributed by atoms with Crippen molar-refractivity contribution >= 4 is 59.9 Å². The summed E-state index contributed by atoms with van der Waals surface area (Å²) < 4.78 is 4.91. The standard InChI is InChI=1S/C51H31N5/c1-2-10-36(11-3-1)55-49-37(35-28-43-38-12-4-6-18-47(38)56-48-19-7-5-13-39(48)44(29-35)51(43)56)14-8-15-40(49)41-16-9-17-42(50(41)55)46-31-34(32-20-24-52-25-21-32)30-45(54-46)33-22-26-53-27-23-33/h1-31H. The number of hydrogen-bond acceptors (Lipinski definition) is 3. The minimum atomic E-state index is 0.891. The van der Waals surface area contributed by atoms with Gasteiger partial charge in [0.05, 0.1) is 39.0 Å². The van der Waals surface area contributed by atoms with Gasteiger partial charge in [0.15, 0.2) is 0 Å². The number of para-hydroxylation sites is 5. The molecular weight excluding hydrogens is 683 g/mol. The number of nitrogens with zero attached hydrogens (tertiary/aromatic N) is 5. The number of fused-ring (bicyclic) bond motifs is 9. The first-order chi connectivity index (χ1) is 27.8. The van der Waals surface area contributed by atoms with Gasteiger partial charge in [-0.05, 0) is 89.5 Å². The number of benzene rings is 6. The molecule has 0 spiro atoms. The topological polar surface area (TPSA) is 48.0 Å². The molecule has 0 bridgehead atoms. The minimum absolute atomic E-state index is 0.891. The van der Waals surface area contributed by atoms with E-state index in [0.29, 0.717) is 0 Å². The van der Waals surface area contributed by atoms with E-state index in [1.807, 2.05) is 36.9 Å². The molecule has 0 aliphatic rings. The molecule has 6 heterocycles. The summed E-state index contributed by atoms with van der Waals surface area (Å²) >= 11 is 0. The predicted octanol–water partition coefficient (Wildman–Crippen LogP) is 12.8. The van der Waals surface area contributed by atoms with E-state index < -0.39 is 0 Å². The van der Waals surface area contributed by atoms with Crippen molar-refractivity contribution in [3.8, 4) is 50.5 Å². The Bertz CT molecular complexity index is 3310. The molecule has 260 valence electrons. The van der Waals surface area contributed by atoms with Crippen LogP contribution < -0.4 is 0 Å². The summed E-state index contributed by atoms with van der Waals surface area (Å²) in [4.78, 5) is 14.0. The van der Waals surface area contributed by atoms with Crippen LogP contribution >= 0.6 is 0 Å². The second kappa shape index (κ2) is 11.9. The van der Waals surface area contributed by atoms with Gasteiger partial charge in [0.2, 0.25) is 0 Å². The molecule has 12 rings (SSSR count). The summed E-state index contributed by atoms with van der Waals surface area (Å²) in [5, 5.41) is 7.45. The second-order valence-corrected chi connectivity index (χ2v) is 14.5. The molecule has 0 aliphatic carbocycles. The van der Waals surface area contributed by atoms with Crippen LogP contribution in [0.1, 0.15) is 0 Å². The molecule has 12 aromatic rings. The third kappa shape index (κ3) is 4.46. The van der Waals surface area contributed by atoms with Crippen LogP contribution in [-0.2, 0) is 0 Å². The fourth-order valence-electron chi connectivity index (χ4n) is 9.05. The lowest BCUT2D eigenvalue weighted by Gasteiger charge is -2.15. The average Bonchev–Trinajstić information content (AvgIpc) is 3.92. The highest BCUT2D eigenvalue weighted by Crippen LogP contribution is 2.46. The Hall–Kier alpha value is -7.63. The van der Waals surface area contributed by atoms with Crippen LogP contribution in [0.25, 0.3) is 110 Å². The monoisotopic (exact) mass is 713 g/mol. The van der Waals surface area contributed by atoms with Gasteiger partial charge in [-0.15, -0.1) is 0 Å². The maximum atomic E-state index is 5.38. The van der Waals surface area contributed by atoms with E-state index in [0.717, 1.165) is 44.8 Å². The lowest BCUT2D eigenvalue weighted by Crippen LogP contribution is -1.98. The Kier molecular flexibility index (Phi) is 6.56. The van der Waals surface area contributed by atoms with Gasteiger partial charge in [0.25, 0.3) is 0 Å². The van der Waals surface area contributed by atoms with Crippen molar-refractivity contribution in [2.75, 3.05) is 0 Å². The molecule has 56 heavy (non-hydrogen) atoms. The Labute approximate surface area is 321 Å². The van der Waals surface area contributed by atoms with Gasteiger partial charge in [-0.25, -0.2) is 4.98 Å². The fraction of sp³-hybridized carbons (Fsp3) is 0. The molecule has 0 amide bonds. The van der Waals surface area contributed by atoms with Crippen molar-refractivity contribution in [3.63, 3.8) is 0 Å². The van der Waals surface area contributed by atoms with Crippen LogP contribution in [0.4, 0.5) is 0 Å². The lowest BCUT2D eigenvalue weighted by atomic mass is 9.97. The SMILES string of the molecule is c1ccc(-n2c3c(-c4cc5c6ccccc6n6c7ccccc7c(c4)c56)cccc3c3cccc(-c4cc(-c5ccncc5)cc(-c5ccncc5)n4)c32)cc1. The highest BCUT2D eigenvalue weighted by atomic mass is 15.0. The molecule has 6 aromatic heterocycles. The Morgan fingerprint density at radius 2 is 0.875 bits per heavy atom. The maximum absolute atomic E-state index is 5.38. The molecule has 0 N–H and O–H groups in total. The minimum Gasteiger partial charge on any atom is -0.308 e. The van der Waals surface area contributed by atoms with E-state index in [1.165, 1.54) is 65.5 Å². The van der Waals surface area contributed by atoms with Crippen LogP contribution in [-0.4, -0.2) is 23.9 Å². The molecule has 0 fully saturated rings. The quantitative estimate of drug-likeness (QED) is 0.178. The highest BCUT2D eigenvalue weighted by molar-refractivity contribution is 6.25. The normalized spacial score (nSPS) is 11.9. The molecule has 0 aliphatic heterocycles. The fourth-order valence-corrected chi connectivity index (χ4v) is 9.05. The first-order valence-electron chi connectivity index (χ1n) is 18.9. The van der Waals surface area contributed by atoms with Crippen molar-refractivity contribution in [2.24, 2.45) is 0 Å². The summed E-state index contributed by atoms with van der Waals surface area (Å²) in [5.41, 5.74) is 15.5. The molecule has 6 aromatic carbocycles. The maximum Gasteiger partial charge on any atom is 0.0737 e. The third-order valence-electron chi connectivity index (χ3n) is 11.4. The van der Waals surface area contributed by atoms with E-state index in [4.69, 9.17) is 4.98 Å². The Morgan fingerprint density at radius 1 is 0.339 bits per heavy atom. The van der Waals surface area contributed by atoms with Gasteiger partial charge in [0.1, 0.15) is 0 Å². The first kappa shape index (κ1) is 30.8. The van der Waals surface area contributed by atoms with E-state index >= 15 is 0 Å². The van der Waals surface area contributed by atoms with Crippen LogP contribution in [0.2, 0.25) is 0 Å². The van der Waals surface area contributed by atoms with E-state index in [2.05, 4.69) is 171 Å². The summed E-state index contributed by atoms with van der Waals surface area (Å²) in [6.07, 6.45) is 7.34. The number of aromatic nitrogens is 5. The second-order valence-electron chi connectivity index (χ2n) is 14.5. The van der Waals surface area contributed by atoms with Gasteiger partial charge in [0, 0.05) is 79.5 Å². The van der Waals surface area contributed by atoms with Crippen molar-refractivity contribution in [1.29, 1.82) is 0 Å². The summed E-state index contributed by atoms with van der Waals surface area (Å²) in [7, 11) is 0. The van der Waals surface area contributed by atoms with Gasteiger partial charge in [-0.3, -0.25) is 9.97 Å². The molecule has 5 nitrogen and oxygen atoms in total. The smallest absolute Gasteiger partial charge is 0.0737 e. The van der Waals surface area contributed by atoms with Crippen LogP contribution in [0.15, 0.2) is 189 Å². The van der Waals surface area contributed by atoms with Gasteiger partial charge >= 0.3 is 0 Å². The first-order valence-corrected chi connectivity index (χ1v) is 18.9. The van der Waals surface area contributed by atoms with E-state index in [1.54, 1.807) is 0 Å². The third-order valence-corrected chi connectivity index (χ3v) is 11.4. The molecule has 0 radical (unpaired) electrons. The molecule has 0 saturated carbocycles. The molecule has 5 heteroatoms. The van der Waals surface area contributed by atoms with Crippen molar-refractivity contribution < 1.29 is 0 Å². The summed E-state index contributed by atoms with van der Waals surface area (Å²) in [6.45, 7) is 0.